The van der Waals surface area contributed by atoms with Gasteiger partial charge in [-0.25, -0.2) is 0 Å². The average molecular weight is 300 g/mol. The molecule has 1 saturated heterocycles. The first-order valence-electron chi connectivity index (χ1n) is 7.57. The normalized spacial score (nSPS) is 20.9. The maximum Gasteiger partial charge on any atom is 0.312 e. The molecule has 1 aromatic carbocycles. The predicted molar refractivity (Wildman–Crippen MR) is 83.1 cm³/mol. The van der Waals surface area contributed by atoms with E-state index >= 15 is 0 Å². The van der Waals surface area contributed by atoms with Crippen LogP contribution in [-0.2, 0) is 14.3 Å². The molecule has 22 heavy (non-hydrogen) atoms. The Morgan fingerprint density at radius 2 is 2.14 bits per heavy atom. The molecule has 2 aliphatic heterocycles. The second-order valence-electron chi connectivity index (χ2n) is 5.76. The van der Waals surface area contributed by atoms with Crippen LogP contribution in [0.25, 0.3) is 5.57 Å². The third-order valence-electron chi connectivity index (χ3n) is 4.16. The number of benzene rings is 1. The van der Waals surface area contributed by atoms with Crippen LogP contribution in [-0.4, -0.2) is 49.1 Å². The van der Waals surface area contributed by atoms with Gasteiger partial charge in [0.25, 0.3) is 0 Å². The van der Waals surface area contributed by atoms with Crippen LogP contribution in [0.1, 0.15) is 17.5 Å². The van der Waals surface area contributed by atoms with Crippen molar-refractivity contribution >= 4 is 17.4 Å². The predicted octanol–water partition coefficient (Wildman–Crippen LogP) is 1.13. The van der Waals surface area contributed by atoms with Gasteiger partial charge in [0.15, 0.2) is 0 Å². The molecule has 0 radical (unpaired) electrons. The molecule has 0 aromatic heterocycles. The third kappa shape index (κ3) is 3.04. The highest BCUT2D eigenvalue weighted by atomic mass is 16.5. The lowest BCUT2D eigenvalue weighted by molar-refractivity contribution is -0.145. The Labute approximate surface area is 129 Å². The second-order valence-corrected chi connectivity index (χ2v) is 5.76. The molecule has 5 heteroatoms. The summed E-state index contributed by atoms with van der Waals surface area (Å²) in [6.07, 6.45) is 2.79. The molecule has 2 aliphatic rings. The number of nitrogens with zero attached hydrogens (tertiary/aromatic N) is 1. The highest BCUT2D eigenvalue weighted by Crippen LogP contribution is 2.23. The van der Waals surface area contributed by atoms with E-state index in [0.29, 0.717) is 26.3 Å². The molecular weight excluding hydrogens is 280 g/mol. The summed E-state index contributed by atoms with van der Waals surface area (Å²) in [6.45, 7) is 4.15. The monoisotopic (exact) mass is 300 g/mol. The summed E-state index contributed by atoms with van der Waals surface area (Å²) in [5.41, 5.74) is 3.42. The molecule has 1 N–H and O–H groups in total. The molecule has 0 spiro atoms. The maximum absolute atomic E-state index is 12.2. The lowest BCUT2D eigenvalue weighted by Gasteiger charge is -2.18. The van der Waals surface area contributed by atoms with Crippen LogP contribution in [0.3, 0.4) is 0 Å². The molecule has 2 amide bonds. The van der Waals surface area contributed by atoms with E-state index in [-0.39, 0.29) is 6.04 Å². The first kappa shape index (κ1) is 14.8. The molecule has 116 valence electrons. The molecule has 3 rings (SSSR count). The second kappa shape index (κ2) is 6.32. The molecule has 1 aromatic rings. The van der Waals surface area contributed by atoms with Gasteiger partial charge in [-0.05, 0) is 30.0 Å². The molecule has 1 fully saturated rings. The van der Waals surface area contributed by atoms with E-state index in [1.165, 1.54) is 5.56 Å². The maximum atomic E-state index is 12.2. The lowest BCUT2D eigenvalue weighted by atomic mass is 10.0. The van der Waals surface area contributed by atoms with Gasteiger partial charge in [0.2, 0.25) is 0 Å². The number of carbonyl (C=O) groups excluding carboxylic acids is 2. The van der Waals surface area contributed by atoms with Crippen molar-refractivity contribution in [3.8, 4) is 0 Å². The van der Waals surface area contributed by atoms with Gasteiger partial charge >= 0.3 is 11.8 Å². The zero-order chi connectivity index (χ0) is 15.5. The summed E-state index contributed by atoms with van der Waals surface area (Å²) in [6, 6.07) is 8.04. The van der Waals surface area contributed by atoms with Crippen LogP contribution in [0, 0.1) is 6.92 Å². The van der Waals surface area contributed by atoms with Gasteiger partial charge in [-0.2, -0.15) is 0 Å². The van der Waals surface area contributed by atoms with Gasteiger partial charge in [0, 0.05) is 19.7 Å². The van der Waals surface area contributed by atoms with E-state index < -0.39 is 11.8 Å². The fourth-order valence-electron chi connectivity index (χ4n) is 2.88. The minimum atomic E-state index is -0.532. The van der Waals surface area contributed by atoms with Gasteiger partial charge in [-0.1, -0.05) is 30.3 Å². The third-order valence-corrected chi connectivity index (χ3v) is 4.16. The average Bonchev–Trinajstić information content (AvgIpc) is 3.18. The molecular formula is C17H20N2O3. The van der Waals surface area contributed by atoms with Crippen molar-refractivity contribution in [1.29, 1.82) is 0 Å². The standard InChI is InChI=1S/C17H20N2O3/c1-12-4-2-3-5-15(12)13-6-8-19(10-13)17(21)16(20)18-14-7-9-22-11-14/h2-6,14H,7-11H2,1H3,(H,18,20). The Kier molecular flexibility index (Phi) is 4.24. The highest BCUT2D eigenvalue weighted by Gasteiger charge is 2.28. The van der Waals surface area contributed by atoms with E-state index in [4.69, 9.17) is 4.74 Å². The molecule has 1 atom stereocenters. The summed E-state index contributed by atoms with van der Waals surface area (Å²) in [5.74, 6) is -0.998. The molecule has 0 bridgehead atoms. The summed E-state index contributed by atoms with van der Waals surface area (Å²) in [4.78, 5) is 25.8. The van der Waals surface area contributed by atoms with Crippen LogP contribution in [0.2, 0.25) is 0 Å². The van der Waals surface area contributed by atoms with Crippen molar-refractivity contribution in [2.75, 3.05) is 26.3 Å². The zero-order valence-electron chi connectivity index (χ0n) is 12.7. The topological polar surface area (TPSA) is 58.6 Å². The van der Waals surface area contributed by atoms with Gasteiger partial charge in [-0.3, -0.25) is 9.59 Å². The number of aryl methyl sites for hydroxylation is 1. The smallest absolute Gasteiger partial charge is 0.312 e. The van der Waals surface area contributed by atoms with Crippen LogP contribution in [0.5, 0.6) is 0 Å². The minimum absolute atomic E-state index is 0.0390. The van der Waals surface area contributed by atoms with Gasteiger partial charge < -0.3 is 15.0 Å². The van der Waals surface area contributed by atoms with Crippen molar-refractivity contribution in [2.24, 2.45) is 0 Å². The fraction of sp³-hybridized carbons (Fsp3) is 0.412. The van der Waals surface area contributed by atoms with E-state index in [2.05, 4.69) is 5.32 Å². The van der Waals surface area contributed by atoms with Crippen LogP contribution in [0.15, 0.2) is 30.3 Å². The van der Waals surface area contributed by atoms with Gasteiger partial charge in [-0.15, -0.1) is 0 Å². The first-order chi connectivity index (χ1) is 10.6. The summed E-state index contributed by atoms with van der Waals surface area (Å²) < 4.78 is 5.20. The molecule has 5 nitrogen and oxygen atoms in total. The van der Waals surface area contributed by atoms with E-state index in [9.17, 15) is 9.59 Å². The van der Waals surface area contributed by atoms with Crippen LogP contribution < -0.4 is 5.32 Å². The SMILES string of the molecule is Cc1ccccc1C1=CCN(C(=O)C(=O)NC2CCOC2)C1. The van der Waals surface area contributed by atoms with E-state index in [1.807, 2.05) is 37.3 Å². The van der Waals surface area contributed by atoms with Crippen molar-refractivity contribution < 1.29 is 14.3 Å². The lowest BCUT2D eigenvalue weighted by Crippen LogP contribution is -2.46. The van der Waals surface area contributed by atoms with Crippen molar-refractivity contribution in [3.05, 3.63) is 41.5 Å². The Hall–Kier alpha value is -2.14. The Bertz CT molecular complexity index is 618. The van der Waals surface area contributed by atoms with Gasteiger partial charge in [0.1, 0.15) is 0 Å². The van der Waals surface area contributed by atoms with Crippen molar-refractivity contribution in [3.63, 3.8) is 0 Å². The Morgan fingerprint density at radius 1 is 1.32 bits per heavy atom. The minimum Gasteiger partial charge on any atom is -0.379 e. The first-order valence-corrected chi connectivity index (χ1v) is 7.57. The fourth-order valence-corrected chi connectivity index (χ4v) is 2.88. The van der Waals surface area contributed by atoms with Crippen molar-refractivity contribution in [2.45, 2.75) is 19.4 Å². The van der Waals surface area contributed by atoms with E-state index in [0.717, 1.165) is 17.6 Å². The van der Waals surface area contributed by atoms with E-state index in [1.54, 1.807) is 4.90 Å². The number of amides is 2. The highest BCUT2D eigenvalue weighted by molar-refractivity contribution is 6.35. The molecule has 0 saturated carbocycles. The quantitative estimate of drug-likeness (QED) is 0.833. The number of carbonyl (C=O) groups is 2. The van der Waals surface area contributed by atoms with Crippen molar-refractivity contribution in [1.82, 2.24) is 10.2 Å². The number of hydrogen-bond donors (Lipinski definition) is 1. The Morgan fingerprint density at radius 3 is 2.86 bits per heavy atom. The number of rotatable bonds is 2. The van der Waals surface area contributed by atoms with Crippen LogP contribution >= 0.6 is 0 Å². The number of nitrogens with one attached hydrogen (secondary N) is 1. The zero-order valence-corrected chi connectivity index (χ0v) is 12.7. The summed E-state index contributed by atoms with van der Waals surface area (Å²) in [5, 5.41) is 2.74. The summed E-state index contributed by atoms with van der Waals surface area (Å²) in [7, 11) is 0. The molecule has 0 aliphatic carbocycles. The molecule has 1 unspecified atom stereocenters. The molecule has 2 heterocycles. The van der Waals surface area contributed by atoms with Gasteiger partial charge in [0.05, 0.1) is 12.6 Å². The largest absolute Gasteiger partial charge is 0.379 e. The number of ether oxygens (including phenoxy) is 1. The Balaban J connectivity index is 1.60. The summed E-state index contributed by atoms with van der Waals surface area (Å²) >= 11 is 0. The number of hydrogen-bond acceptors (Lipinski definition) is 3. The van der Waals surface area contributed by atoms with Crippen LogP contribution in [0.4, 0.5) is 0 Å².